The Labute approximate surface area is 159 Å². The summed E-state index contributed by atoms with van der Waals surface area (Å²) in [6, 6.07) is 29.4. The van der Waals surface area contributed by atoms with E-state index >= 15 is 0 Å². The summed E-state index contributed by atoms with van der Waals surface area (Å²) >= 11 is 3.69. The van der Waals surface area contributed by atoms with Gasteiger partial charge >= 0.3 is 0 Å². The maximum absolute atomic E-state index is 4.76. The molecule has 0 spiro atoms. The van der Waals surface area contributed by atoms with E-state index in [9.17, 15) is 0 Å². The lowest BCUT2D eigenvalue weighted by atomic mass is 10.0. The number of pyridine rings is 1. The van der Waals surface area contributed by atoms with Gasteiger partial charge in [0.2, 0.25) is 0 Å². The summed E-state index contributed by atoms with van der Waals surface area (Å²) < 4.78 is 3.14. The Morgan fingerprint density at radius 2 is 1.46 bits per heavy atom. The molecular formula is C23H15BrN2. The van der Waals surface area contributed by atoms with E-state index in [1.54, 1.807) is 0 Å². The van der Waals surface area contributed by atoms with Crippen LogP contribution in [-0.2, 0) is 0 Å². The Hall–Kier alpha value is -2.91. The second kappa shape index (κ2) is 6.11. The van der Waals surface area contributed by atoms with E-state index in [0.717, 1.165) is 32.4 Å². The van der Waals surface area contributed by atoms with Crippen molar-refractivity contribution in [2.75, 3.05) is 0 Å². The van der Waals surface area contributed by atoms with Crippen LogP contribution in [0.2, 0.25) is 0 Å². The third-order valence-electron chi connectivity index (χ3n) is 4.74. The van der Waals surface area contributed by atoms with E-state index in [4.69, 9.17) is 5.10 Å². The zero-order valence-electron chi connectivity index (χ0n) is 13.9. The molecule has 3 aromatic carbocycles. The molecule has 2 heterocycles. The molecule has 0 aliphatic carbocycles. The zero-order chi connectivity index (χ0) is 17.5. The Morgan fingerprint density at radius 1 is 0.731 bits per heavy atom. The summed E-state index contributed by atoms with van der Waals surface area (Å²) in [5.41, 5.74) is 5.67. The molecule has 0 N–H and O–H groups in total. The fourth-order valence-corrected chi connectivity index (χ4v) is 4.03. The molecule has 0 saturated heterocycles. The second-order valence-corrected chi connectivity index (χ2v) is 7.14. The number of aromatic nitrogens is 2. The third-order valence-corrected chi connectivity index (χ3v) is 5.43. The molecule has 2 aromatic heterocycles. The average Bonchev–Trinajstić information content (AvgIpc) is 3.14. The molecule has 0 unspecified atom stereocenters. The first-order valence-electron chi connectivity index (χ1n) is 8.53. The summed E-state index contributed by atoms with van der Waals surface area (Å²) in [5.74, 6) is 0. The lowest BCUT2D eigenvalue weighted by molar-refractivity contribution is 0.975. The predicted octanol–water partition coefficient (Wildman–Crippen LogP) is 6.58. The molecule has 3 heteroatoms. The van der Waals surface area contributed by atoms with Gasteiger partial charge < -0.3 is 0 Å². The molecule has 0 atom stereocenters. The number of rotatable bonds is 2. The van der Waals surface area contributed by atoms with E-state index in [1.165, 1.54) is 10.8 Å². The SMILES string of the molecule is Brc1ccccc1-c1cnn2c(-c3ccccc3)cc3ccccc3c12. The molecule has 0 saturated carbocycles. The first kappa shape index (κ1) is 15.4. The van der Waals surface area contributed by atoms with Crippen LogP contribution in [-0.4, -0.2) is 9.61 Å². The molecule has 0 bridgehead atoms. The fourth-order valence-electron chi connectivity index (χ4n) is 3.53. The van der Waals surface area contributed by atoms with Gasteiger partial charge in [-0.05, 0) is 23.1 Å². The van der Waals surface area contributed by atoms with Crippen molar-refractivity contribution >= 4 is 32.2 Å². The van der Waals surface area contributed by atoms with Crippen LogP contribution in [0.3, 0.4) is 0 Å². The molecule has 0 aliphatic rings. The number of hydrogen-bond donors (Lipinski definition) is 0. The van der Waals surface area contributed by atoms with Gasteiger partial charge in [0, 0.05) is 21.0 Å². The maximum Gasteiger partial charge on any atom is 0.0826 e. The summed E-state index contributed by atoms with van der Waals surface area (Å²) in [7, 11) is 0. The first-order chi connectivity index (χ1) is 12.8. The van der Waals surface area contributed by atoms with Gasteiger partial charge in [-0.1, -0.05) is 88.7 Å². The van der Waals surface area contributed by atoms with Crippen LogP contribution in [0.25, 0.3) is 38.7 Å². The standard InChI is InChI=1S/C23H15BrN2/c24-21-13-7-6-12-19(21)20-15-25-26-22(16-8-2-1-3-9-16)14-17-10-4-5-11-18(17)23(20)26/h1-15H. The first-order valence-corrected chi connectivity index (χ1v) is 9.32. The lowest BCUT2D eigenvalue weighted by Crippen LogP contribution is -1.95. The van der Waals surface area contributed by atoms with Gasteiger partial charge in [0.15, 0.2) is 0 Å². The summed E-state index contributed by atoms with van der Waals surface area (Å²) in [6.07, 6.45) is 1.97. The van der Waals surface area contributed by atoms with Crippen molar-refractivity contribution in [2.45, 2.75) is 0 Å². The lowest BCUT2D eigenvalue weighted by Gasteiger charge is -2.11. The van der Waals surface area contributed by atoms with Gasteiger partial charge in [0.25, 0.3) is 0 Å². The summed E-state index contributed by atoms with van der Waals surface area (Å²) in [4.78, 5) is 0. The van der Waals surface area contributed by atoms with Gasteiger partial charge in [-0.2, -0.15) is 5.10 Å². The third kappa shape index (κ3) is 2.36. The Balaban J connectivity index is 1.94. The molecule has 124 valence electrons. The van der Waals surface area contributed by atoms with Gasteiger partial charge in [0.05, 0.1) is 17.4 Å². The molecule has 5 rings (SSSR count). The maximum atomic E-state index is 4.76. The quantitative estimate of drug-likeness (QED) is 0.328. The van der Waals surface area contributed by atoms with Crippen molar-refractivity contribution in [1.29, 1.82) is 0 Å². The van der Waals surface area contributed by atoms with Crippen molar-refractivity contribution < 1.29 is 0 Å². The van der Waals surface area contributed by atoms with Gasteiger partial charge in [0.1, 0.15) is 0 Å². The van der Waals surface area contributed by atoms with Gasteiger partial charge in [-0.15, -0.1) is 0 Å². The fraction of sp³-hybridized carbons (Fsp3) is 0. The smallest absolute Gasteiger partial charge is 0.0826 e. The highest BCUT2D eigenvalue weighted by molar-refractivity contribution is 9.10. The highest BCUT2D eigenvalue weighted by Crippen LogP contribution is 2.37. The highest BCUT2D eigenvalue weighted by atomic mass is 79.9. The van der Waals surface area contributed by atoms with Crippen molar-refractivity contribution in [3.63, 3.8) is 0 Å². The van der Waals surface area contributed by atoms with Crippen LogP contribution in [0.5, 0.6) is 0 Å². The summed E-state index contributed by atoms with van der Waals surface area (Å²) in [5, 5.41) is 7.18. The Kier molecular flexibility index (Phi) is 3.61. The van der Waals surface area contributed by atoms with Crippen LogP contribution in [0.15, 0.2) is 95.6 Å². The Morgan fingerprint density at radius 3 is 2.31 bits per heavy atom. The number of halogens is 1. The molecule has 0 radical (unpaired) electrons. The van der Waals surface area contributed by atoms with Gasteiger partial charge in [-0.25, -0.2) is 4.52 Å². The van der Waals surface area contributed by atoms with Crippen molar-refractivity contribution in [3.8, 4) is 22.4 Å². The molecule has 2 nitrogen and oxygen atoms in total. The average molecular weight is 399 g/mol. The number of benzene rings is 3. The topological polar surface area (TPSA) is 17.3 Å². The Bertz CT molecular complexity index is 1240. The van der Waals surface area contributed by atoms with E-state index < -0.39 is 0 Å². The molecule has 26 heavy (non-hydrogen) atoms. The predicted molar refractivity (Wildman–Crippen MR) is 111 cm³/mol. The molecule has 5 aromatic rings. The minimum Gasteiger partial charge on any atom is -0.232 e. The van der Waals surface area contributed by atoms with Crippen LogP contribution in [0, 0.1) is 0 Å². The molecule has 0 amide bonds. The largest absolute Gasteiger partial charge is 0.232 e. The van der Waals surface area contributed by atoms with Crippen molar-refractivity contribution in [2.24, 2.45) is 0 Å². The number of fused-ring (bicyclic) bond motifs is 3. The van der Waals surface area contributed by atoms with E-state index in [1.807, 2.05) is 18.3 Å². The van der Waals surface area contributed by atoms with Crippen LogP contribution in [0.1, 0.15) is 0 Å². The minimum absolute atomic E-state index is 1.07. The zero-order valence-corrected chi connectivity index (χ0v) is 15.5. The van der Waals surface area contributed by atoms with Crippen LogP contribution in [0.4, 0.5) is 0 Å². The van der Waals surface area contributed by atoms with Crippen molar-refractivity contribution in [1.82, 2.24) is 9.61 Å². The molecule has 0 aliphatic heterocycles. The molecular weight excluding hydrogens is 384 g/mol. The highest BCUT2D eigenvalue weighted by Gasteiger charge is 2.15. The number of hydrogen-bond acceptors (Lipinski definition) is 1. The normalized spacial score (nSPS) is 11.3. The monoisotopic (exact) mass is 398 g/mol. The van der Waals surface area contributed by atoms with Gasteiger partial charge in [-0.3, -0.25) is 0 Å². The van der Waals surface area contributed by atoms with Crippen LogP contribution >= 0.6 is 15.9 Å². The van der Waals surface area contributed by atoms with Crippen molar-refractivity contribution in [3.05, 3.63) is 95.6 Å². The number of nitrogens with zero attached hydrogens (tertiary/aromatic N) is 2. The van der Waals surface area contributed by atoms with Crippen LogP contribution < -0.4 is 0 Å². The van der Waals surface area contributed by atoms with E-state index in [0.29, 0.717) is 0 Å². The summed E-state index contributed by atoms with van der Waals surface area (Å²) in [6.45, 7) is 0. The van der Waals surface area contributed by atoms with E-state index in [-0.39, 0.29) is 0 Å². The second-order valence-electron chi connectivity index (χ2n) is 6.28. The molecule has 0 fully saturated rings. The van der Waals surface area contributed by atoms with E-state index in [2.05, 4.69) is 93.2 Å². The minimum atomic E-state index is 1.07.